The number of hydrogen-bond acceptors (Lipinski definition) is 5. The van der Waals surface area contributed by atoms with Crippen LogP contribution < -0.4 is 5.32 Å². The summed E-state index contributed by atoms with van der Waals surface area (Å²) < 4.78 is 22.3. The number of aromatic nitrogens is 2. The van der Waals surface area contributed by atoms with Gasteiger partial charge in [-0.2, -0.15) is 0 Å². The second-order valence-corrected chi connectivity index (χ2v) is 9.49. The van der Waals surface area contributed by atoms with Crippen LogP contribution in [0.15, 0.2) is 54.6 Å². The van der Waals surface area contributed by atoms with Crippen LogP contribution in [0.5, 0.6) is 0 Å². The summed E-state index contributed by atoms with van der Waals surface area (Å²) in [5.41, 5.74) is 2.14. The Balaban J connectivity index is 1.49. The molecule has 3 aromatic rings. The molecular formula is C27H32FN5O2. The number of nitrogens with one attached hydrogen (secondary N) is 1. The molecule has 8 heteroatoms. The Hall–Kier alpha value is -3.23. The lowest BCUT2D eigenvalue weighted by Gasteiger charge is -2.35. The van der Waals surface area contributed by atoms with Gasteiger partial charge < -0.3 is 19.5 Å². The van der Waals surface area contributed by atoms with E-state index in [4.69, 9.17) is 9.72 Å². The standard InChI is InChI=1S/C27H32FN5O2/c1-19-14-31(15-20(2)35-19)18-24-30-26-25(33(24)16-21-8-4-3-5-9-21)27(34)32(13-12-29-26)17-22-10-6-7-11-23(22)28/h3-11,19-20,29H,12-18H2,1-2H3/t19-,20+. The highest BCUT2D eigenvalue weighted by Crippen LogP contribution is 2.26. The monoisotopic (exact) mass is 477 g/mol. The molecule has 0 saturated carbocycles. The predicted molar refractivity (Wildman–Crippen MR) is 133 cm³/mol. The summed E-state index contributed by atoms with van der Waals surface area (Å²) in [5.74, 6) is 1.01. The van der Waals surface area contributed by atoms with Gasteiger partial charge >= 0.3 is 0 Å². The molecule has 2 aliphatic heterocycles. The van der Waals surface area contributed by atoms with E-state index in [9.17, 15) is 9.18 Å². The average molecular weight is 478 g/mol. The average Bonchev–Trinajstić information content (AvgIpc) is 3.07. The molecule has 2 aromatic carbocycles. The molecule has 1 fully saturated rings. The maximum absolute atomic E-state index is 14.4. The second-order valence-electron chi connectivity index (χ2n) is 9.49. The van der Waals surface area contributed by atoms with Gasteiger partial charge in [0.05, 0.1) is 18.8 Å². The van der Waals surface area contributed by atoms with E-state index in [1.165, 1.54) is 6.07 Å². The van der Waals surface area contributed by atoms with Gasteiger partial charge in [-0.1, -0.05) is 48.5 Å². The number of fused-ring (bicyclic) bond motifs is 1. The van der Waals surface area contributed by atoms with Crippen LogP contribution in [0.1, 0.15) is 41.3 Å². The first-order valence-electron chi connectivity index (χ1n) is 12.3. The lowest BCUT2D eigenvalue weighted by Crippen LogP contribution is -2.45. The van der Waals surface area contributed by atoms with Crippen molar-refractivity contribution >= 4 is 11.7 Å². The van der Waals surface area contributed by atoms with E-state index in [-0.39, 0.29) is 30.5 Å². The van der Waals surface area contributed by atoms with Crippen LogP contribution in [-0.2, 0) is 24.4 Å². The minimum absolute atomic E-state index is 0.133. The molecule has 1 saturated heterocycles. The summed E-state index contributed by atoms with van der Waals surface area (Å²) in [6.45, 7) is 8.21. The fourth-order valence-electron chi connectivity index (χ4n) is 5.05. The SMILES string of the molecule is C[C@@H]1CN(Cc2nc3c(n2Cc2ccccc2)C(=O)N(Cc2ccccc2F)CCN3)C[C@H](C)O1. The quantitative estimate of drug-likeness (QED) is 0.586. The summed E-state index contributed by atoms with van der Waals surface area (Å²) in [6.07, 6.45) is 0.287. The summed E-state index contributed by atoms with van der Waals surface area (Å²) in [4.78, 5) is 22.8. The lowest BCUT2D eigenvalue weighted by molar-refractivity contribution is -0.0712. The molecule has 5 rings (SSSR count). The van der Waals surface area contributed by atoms with Gasteiger partial charge in [0.1, 0.15) is 11.6 Å². The third-order valence-electron chi connectivity index (χ3n) is 6.57. The maximum Gasteiger partial charge on any atom is 0.274 e. The van der Waals surface area contributed by atoms with Gasteiger partial charge in [-0.3, -0.25) is 9.69 Å². The van der Waals surface area contributed by atoms with Crippen LogP contribution >= 0.6 is 0 Å². The number of anilines is 1. The van der Waals surface area contributed by atoms with E-state index in [1.807, 2.05) is 22.8 Å². The normalized spacial score (nSPS) is 20.9. The molecule has 0 bridgehead atoms. The third-order valence-corrected chi connectivity index (χ3v) is 6.57. The largest absolute Gasteiger partial charge is 0.373 e. The first-order chi connectivity index (χ1) is 17.0. The number of nitrogens with zero attached hydrogens (tertiary/aromatic N) is 4. The molecule has 184 valence electrons. The molecule has 1 aromatic heterocycles. The van der Waals surface area contributed by atoms with E-state index in [2.05, 4.69) is 36.2 Å². The first kappa shape index (κ1) is 23.5. The Morgan fingerprint density at radius 1 is 1.00 bits per heavy atom. The zero-order chi connectivity index (χ0) is 24.4. The van der Waals surface area contributed by atoms with E-state index < -0.39 is 0 Å². The Labute approximate surface area is 205 Å². The van der Waals surface area contributed by atoms with Crippen LogP contribution in [0.4, 0.5) is 10.2 Å². The molecule has 2 atom stereocenters. The van der Waals surface area contributed by atoms with Gasteiger partial charge in [0.25, 0.3) is 5.91 Å². The molecule has 0 unspecified atom stereocenters. The van der Waals surface area contributed by atoms with Crippen molar-refractivity contribution in [1.82, 2.24) is 19.4 Å². The highest BCUT2D eigenvalue weighted by atomic mass is 19.1. The molecule has 0 aliphatic carbocycles. The number of carbonyl (C=O) groups excluding carboxylic acids is 1. The summed E-state index contributed by atoms with van der Waals surface area (Å²) >= 11 is 0. The van der Waals surface area contributed by atoms with Crippen molar-refractivity contribution in [2.24, 2.45) is 0 Å². The molecular weight excluding hydrogens is 445 g/mol. The van der Waals surface area contributed by atoms with Crippen LogP contribution in [0, 0.1) is 5.82 Å². The van der Waals surface area contributed by atoms with Crippen LogP contribution in [0.3, 0.4) is 0 Å². The molecule has 7 nitrogen and oxygen atoms in total. The van der Waals surface area contributed by atoms with E-state index in [1.54, 1.807) is 23.1 Å². The molecule has 0 radical (unpaired) electrons. The Bertz CT molecular complexity index is 1170. The van der Waals surface area contributed by atoms with Gasteiger partial charge in [-0.25, -0.2) is 9.37 Å². The minimum atomic E-state index is -0.299. The van der Waals surface area contributed by atoms with Crippen molar-refractivity contribution in [3.63, 3.8) is 0 Å². The zero-order valence-electron chi connectivity index (χ0n) is 20.3. The van der Waals surface area contributed by atoms with Crippen molar-refractivity contribution < 1.29 is 13.9 Å². The van der Waals surface area contributed by atoms with Crippen molar-refractivity contribution in [2.45, 2.75) is 45.7 Å². The van der Waals surface area contributed by atoms with Crippen molar-refractivity contribution in [3.8, 4) is 0 Å². The number of amides is 1. The Morgan fingerprint density at radius 3 is 2.46 bits per heavy atom. The molecule has 1 amide bonds. The smallest absolute Gasteiger partial charge is 0.274 e. The van der Waals surface area contributed by atoms with Crippen molar-refractivity contribution in [1.29, 1.82) is 0 Å². The maximum atomic E-state index is 14.4. The Kier molecular flexibility index (Phi) is 6.83. The van der Waals surface area contributed by atoms with Crippen molar-refractivity contribution in [2.75, 3.05) is 31.5 Å². The first-order valence-corrected chi connectivity index (χ1v) is 12.3. The number of rotatable bonds is 6. The van der Waals surface area contributed by atoms with E-state index in [0.29, 0.717) is 43.3 Å². The molecule has 3 heterocycles. The van der Waals surface area contributed by atoms with Crippen molar-refractivity contribution in [3.05, 3.63) is 83.1 Å². The van der Waals surface area contributed by atoms with Gasteiger partial charge in [0.15, 0.2) is 11.5 Å². The summed E-state index contributed by atoms with van der Waals surface area (Å²) in [5, 5.41) is 3.36. The van der Waals surface area contributed by atoms with Gasteiger partial charge in [-0.15, -0.1) is 0 Å². The number of morpholine rings is 1. The fraction of sp³-hybridized carbons (Fsp3) is 0.407. The molecule has 0 spiro atoms. The number of ether oxygens (including phenoxy) is 1. The number of benzene rings is 2. The fourth-order valence-corrected chi connectivity index (χ4v) is 5.05. The Morgan fingerprint density at radius 2 is 1.71 bits per heavy atom. The van der Waals surface area contributed by atoms with E-state index in [0.717, 1.165) is 24.5 Å². The van der Waals surface area contributed by atoms with Gasteiger partial charge in [0, 0.05) is 44.8 Å². The second kappa shape index (κ2) is 10.2. The topological polar surface area (TPSA) is 62.6 Å². The number of halogens is 1. The number of imidazole rings is 1. The highest BCUT2D eigenvalue weighted by Gasteiger charge is 2.31. The predicted octanol–water partition coefficient (Wildman–Crippen LogP) is 3.75. The molecule has 1 N–H and O–H groups in total. The van der Waals surface area contributed by atoms with Crippen LogP contribution in [-0.4, -0.2) is 63.6 Å². The number of carbonyl (C=O) groups is 1. The minimum Gasteiger partial charge on any atom is -0.373 e. The van der Waals surface area contributed by atoms with Gasteiger partial charge in [0.2, 0.25) is 0 Å². The van der Waals surface area contributed by atoms with Gasteiger partial charge in [-0.05, 0) is 25.5 Å². The zero-order valence-corrected chi connectivity index (χ0v) is 20.3. The molecule has 2 aliphatic rings. The highest BCUT2D eigenvalue weighted by molar-refractivity contribution is 5.98. The van der Waals surface area contributed by atoms with Crippen LogP contribution in [0.2, 0.25) is 0 Å². The molecule has 35 heavy (non-hydrogen) atoms. The summed E-state index contributed by atoms with van der Waals surface area (Å²) in [7, 11) is 0. The lowest BCUT2D eigenvalue weighted by atomic mass is 10.2. The third kappa shape index (κ3) is 5.23. The number of hydrogen-bond donors (Lipinski definition) is 1. The van der Waals surface area contributed by atoms with Crippen LogP contribution in [0.25, 0.3) is 0 Å². The summed E-state index contributed by atoms with van der Waals surface area (Å²) in [6, 6.07) is 16.7. The van der Waals surface area contributed by atoms with E-state index >= 15 is 0 Å².